The second kappa shape index (κ2) is 7.48. The van der Waals surface area contributed by atoms with Crippen LogP contribution in [0.5, 0.6) is 0 Å². The van der Waals surface area contributed by atoms with Crippen LogP contribution >= 0.6 is 0 Å². The number of carbonyl (C=O) groups excluding carboxylic acids is 1. The third-order valence-corrected chi connectivity index (χ3v) is 8.21. The van der Waals surface area contributed by atoms with E-state index in [0.717, 1.165) is 19.3 Å². The number of rotatable bonds is 6. The predicted molar refractivity (Wildman–Crippen MR) is 88.3 cm³/mol. The number of nitrogens with zero attached hydrogens (tertiary/aromatic N) is 2. The van der Waals surface area contributed by atoms with E-state index in [0.29, 0.717) is 26.1 Å². The maximum atomic E-state index is 12.3. The summed E-state index contributed by atoms with van der Waals surface area (Å²) < 4.78 is 49.2. The summed E-state index contributed by atoms with van der Waals surface area (Å²) in [5.74, 6) is -0.365. The molecule has 2 heterocycles. The van der Waals surface area contributed by atoms with E-state index in [1.165, 1.54) is 9.21 Å². The molecule has 2 fully saturated rings. The summed E-state index contributed by atoms with van der Waals surface area (Å²) in [4.78, 5) is 13.9. The molecule has 0 aromatic heterocycles. The molecule has 9 heteroatoms. The van der Waals surface area contributed by atoms with E-state index in [1.807, 2.05) is 0 Å². The van der Waals surface area contributed by atoms with Crippen molar-refractivity contribution in [1.82, 2.24) is 9.21 Å². The van der Waals surface area contributed by atoms with Gasteiger partial charge in [-0.25, -0.2) is 21.1 Å². The van der Waals surface area contributed by atoms with Crippen LogP contribution in [0.2, 0.25) is 0 Å². The van der Waals surface area contributed by atoms with Crippen molar-refractivity contribution in [2.45, 2.75) is 45.1 Å². The Balaban J connectivity index is 1.92. The molecule has 2 aliphatic rings. The number of piperidine rings is 1. The zero-order chi connectivity index (χ0) is 17.1. The number of sulfonamides is 1. The lowest BCUT2D eigenvalue weighted by atomic mass is 10.2. The van der Waals surface area contributed by atoms with Crippen molar-refractivity contribution < 1.29 is 21.6 Å². The van der Waals surface area contributed by atoms with Gasteiger partial charge in [-0.1, -0.05) is 6.42 Å². The highest BCUT2D eigenvalue weighted by molar-refractivity contribution is 7.91. The van der Waals surface area contributed by atoms with Crippen molar-refractivity contribution in [3.8, 4) is 0 Å². The first kappa shape index (κ1) is 18.7. The first-order chi connectivity index (χ1) is 10.7. The number of amides is 1. The van der Waals surface area contributed by atoms with Crippen LogP contribution in [-0.4, -0.2) is 74.9 Å². The Bertz CT molecular complexity index is 624. The summed E-state index contributed by atoms with van der Waals surface area (Å²) >= 11 is 0. The molecule has 0 saturated carbocycles. The molecule has 134 valence electrons. The molecule has 1 atom stereocenters. The lowest BCUT2D eigenvalue weighted by Gasteiger charge is -2.28. The van der Waals surface area contributed by atoms with Crippen LogP contribution in [0.4, 0.5) is 0 Å². The highest BCUT2D eigenvalue weighted by Crippen LogP contribution is 2.19. The molecule has 0 radical (unpaired) electrons. The molecular weight excluding hydrogens is 340 g/mol. The first-order valence-corrected chi connectivity index (χ1v) is 11.7. The SMILES string of the molecule is CCN(C(=O)CCS(=O)(=O)N1CCCCC1)C1CCS(=O)(=O)C1. The van der Waals surface area contributed by atoms with Crippen molar-refractivity contribution >= 4 is 25.8 Å². The summed E-state index contributed by atoms with van der Waals surface area (Å²) in [6, 6.07) is -0.310. The number of carbonyl (C=O) groups is 1. The van der Waals surface area contributed by atoms with Crippen LogP contribution in [0.1, 0.15) is 39.0 Å². The predicted octanol–water partition coefficient (Wildman–Crippen LogP) is 0.228. The molecule has 0 spiro atoms. The highest BCUT2D eigenvalue weighted by atomic mass is 32.2. The largest absolute Gasteiger partial charge is 0.339 e. The van der Waals surface area contributed by atoms with Gasteiger partial charge < -0.3 is 4.90 Å². The van der Waals surface area contributed by atoms with Crippen molar-refractivity contribution in [2.75, 3.05) is 36.9 Å². The van der Waals surface area contributed by atoms with Crippen molar-refractivity contribution in [3.05, 3.63) is 0 Å². The topological polar surface area (TPSA) is 91.8 Å². The lowest BCUT2D eigenvalue weighted by Crippen LogP contribution is -2.43. The van der Waals surface area contributed by atoms with E-state index < -0.39 is 19.9 Å². The second-order valence-corrected chi connectivity index (χ2v) is 10.6. The Morgan fingerprint density at radius 1 is 1.22 bits per heavy atom. The molecule has 0 aromatic rings. The minimum atomic E-state index is -3.40. The van der Waals surface area contributed by atoms with Crippen molar-refractivity contribution in [3.63, 3.8) is 0 Å². The fraction of sp³-hybridized carbons (Fsp3) is 0.929. The zero-order valence-corrected chi connectivity index (χ0v) is 15.2. The average molecular weight is 367 g/mol. The molecule has 23 heavy (non-hydrogen) atoms. The Hall–Kier alpha value is -0.670. The van der Waals surface area contributed by atoms with Gasteiger partial charge in [0.25, 0.3) is 0 Å². The van der Waals surface area contributed by atoms with Gasteiger partial charge in [0.05, 0.1) is 17.3 Å². The van der Waals surface area contributed by atoms with Crippen LogP contribution in [0.3, 0.4) is 0 Å². The Morgan fingerprint density at radius 2 is 1.87 bits per heavy atom. The van der Waals surface area contributed by atoms with E-state index >= 15 is 0 Å². The molecule has 1 amide bonds. The van der Waals surface area contributed by atoms with Crippen LogP contribution in [0, 0.1) is 0 Å². The summed E-state index contributed by atoms with van der Waals surface area (Å²) in [6.45, 7) is 3.27. The maximum absolute atomic E-state index is 12.3. The molecule has 1 unspecified atom stereocenters. The van der Waals surface area contributed by atoms with E-state index in [-0.39, 0.29) is 35.6 Å². The average Bonchev–Trinajstić information content (AvgIpc) is 2.87. The molecule has 0 aliphatic carbocycles. The van der Waals surface area contributed by atoms with E-state index in [9.17, 15) is 21.6 Å². The quantitative estimate of drug-likeness (QED) is 0.671. The van der Waals surface area contributed by atoms with Crippen LogP contribution in [0.15, 0.2) is 0 Å². The molecule has 0 aromatic carbocycles. The molecule has 2 rings (SSSR count). The third kappa shape index (κ3) is 4.90. The van der Waals surface area contributed by atoms with Crippen LogP contribution < -0.4 is 0 Å². The maximum Gasteiger partial charge on any atom is 0.223 e. The van der Waals surface area contributed by atoms with Crippen LogP contribution in [-0.2, 0) is 24.7 Å². The van der Waals surface area contributed by atoms with Gasteiger partial charge >= 0.3 is 0 Å². The lowest BCUT2D eigenvalue weighted by molar-refractivity contribution is -0.132. The normalized spacial score (nSPS) is 25.3. The minimum absolute atomic E-state index is 0.00848. The Labute approximate surface area is 139 Å². The summed E-state index contributed by atoms with van der Waals surface area (Å²) in [6.07, 6.45) is 3.15. The van der Waals surface area contributed by atoms with Crippen LogP contribution in [0.25, 0.3) is 0 Å². The summed E-state index contributed by atoms with van der Waals surface area (Å²) in [7, 11) is -6.46. The smallest absolute Gasteiger partial charge is 0.223 e. The van der Waals surface area contributed by atoms with Crippen molar-refractivity contribution in [1.29, 1.82) is 0 Å². The third-order valence-electron chi connectivity index (χ3n) is 4.59. The summed E-state index contributed by atoms with van der Waals surface area (Å²) in [5.41, 5.74) is 0. The van der Waals surface area contributed by atoms with Crippen molar-refractivity contribution in [2.24, 2.45) is 0 Å². The standard InChI is InChI=1S/C14H26N2O5S2/c1-2-16(13-6-10-22(18,19)12-13)14(17)7-11-23(20,21)15-8-4-3-5-9-15/h13H,2-12H2,1H3. The highest BCUT2D eigenvalue weighted by Gasteiger charge is 2.34. The molecule has 0 bridgehead atoms. The van der Waals surface area contributed by atoms with Gasteiger partial charge in [0.15, 0.2) is 9.84 Å². The monoisotopic (exact) mass is 366 g/mol. The van der Waals surface area contributed by atoms with E-state index in [1.54, 1.807) is 6.92 Å². The van der Waals surface area contributed by atoms with Gasteiger partial charge in [0.2, 0.25) is 15.9 Å². The van der Waals surface area contributed by atoms with Gasteiger partial charge in [0.1, 0.15) is 0 Å². The van der Waals surface area contributed by atoms with Gasteiger partial charge in [-0.2, -0.15) is 0 Å². The number of hydrogen-bond donors (Lipinski definition) is 0. The van der Waals surface area contributed by atoms with Gasteiger partial charge in [-0.15, -0.1) is 0 Å². The Kier molecular flexibility index (Phi) is 6.07. The minimum Gasteiger partial charge on any atom is -0.339 e. The van der Waals surface area contributed by atoms with Gasteiger partial charge in [0, 0.05) is 32.1 Å². The first-order valence-electron chi connectivity index (χ1n) is 8.23. The molecular formula is C14H26N2O5S2. The zero-order valence-electron chi connectivity index (χ0n) is 13.6. The Morgan fingerprint density at radius 3 is 2.39 bits per heavy atom. The fourth-order valence-corrected chi connectivity index (χ4v) is 6.53. The summed E-state index contributed by atoms with van der Waals surface area (Å²) in [5, 5.41) is 0. The fourth-order valence-electron chi connectivity index (χ4n) is 3.29. The molecule has 2 aliphatic heterocycles. The van der Waals surface area contributed by atoms with Gasteiger partial charge in [-0.3, -0.25) is 4.79 Å². The number of hydrogen-bond acceptors (Lipinski definition) is 5. The van der Waals surface area contributed by atoms with E-state index in [4.69, 9.17) is 0 Å². The van der Waals surface area contributed by atoms with E-state index in [2.05, 4.69) is 0 Å². The molecule has 0 N–H and O–H groups in total. The second-order valence-electron chi connectivity index (χ2n) is 6.26. The van der Waals surface area contributed by atoms with Gasteiger partial charge in [-0.05, 0) is 26.2 Å². The molecule has 7 nitrogen and oxygen atoms in total. The molecule has 2 saturated heterocycles. The number of sulfone groups is 1.